The van der Waals surface area contributed by atoms with Crippen molar-refractivity contribution in [2.75, 3.05) is 6.61 Å². The molecule has 1 heterocycles. The average Bonchev–Trinajstić information content (AvgIpc) is 3.37. The number of ether oxygens (including phenoxy) is 1. The Morgan fingerprint density at radius 3 is 2.44 bits per heavy atom. The molecule has 1 aromatic heterocycles. The number of hydrogen-bond donors (Lipinski definition) is 2. The van der Waals surface area contributed by atoms with Crippen molar-refractivity contribution in [1.29, 1.82) is 0 Å². The number of carbonyl (C=O) groups excluding carboxylic acids is 3. The van der Waals surface area contributed by atoms with E-state index < -0.39 is 29.9 Å². The minimum Gasteiger partial charge on any atom is -0.467 e. The average molecular weight is 370 g/mol. The Labute approximate surface area is 157 Å². The van der Waals surface area contributed by atoms with E-state index in [9.17, 15) is 14.4 Å². The Balaban J connectivity index is 1.50. The van der Waals surface area contributed by atoms with Gasteiger partial charge >= 0.3 is 12.0 Å². The molecule has 1 fully saturated rings. The number of imide groups is 1. The lowest BCUT2D eigenvalue weighted by atomic mass is 9.79. The summed E-state index contributed by atoms with van der Waals surface area (Å²) in [6, 6.07) is 12.2. The number of esters is 1. The molecule has 0 bridgehead atoms. The van der Waals surface area contributed by atoms with Gasteiger partial charge in [0.2, 0.25) is 0 Å². The molecule has 0 unspecified atom stereocenters. The standard InChI is InChI=1S/C20H22N2O5/c23-17(22-19(25)21-13-16-9-6-12-26-16)14-27-18(24)20(10-4-5-11-20)15-7-2-1-3-8-15/h1-3,6-9,12H,4-5,10-11,13-14H2,(H2,21,22,23,25). The van der Waals surface area contributed by atoms with Crippen LogP contribution in [0.15, 0.2) is 53.1 Å². The number of carbonyl (C=O) groups is 3. The fraction of sp³-hybridized carbons (Fsp3) is 0.350. The molecular formula is C20H22N2O5. The minimum absolute atomic E-state index is 0.156. The van der Waals surface area contributed by atoms with Crippen molar-refractivity contribution < 1.29 is 23.5 Å². The molecule has 0 aliphatic heterocycles. The highest BCUT2D eigenvalue weighted by atomic mass is 16.5. The van der Waals surface area contributed by atoms with E-state index in [4.69, 9.17) is 9.15 Å². The second kappa shape index (κ2) is 8.53. The molecule has 7 heteroatoms. The largest absolute Gasteiger partial charge is 0.467 e. The maximum absolute atomic E-state index is 12.7. The van der Waals surface area contributed by atoms with E-state index in [1.807, 2.05) is 30.3 Å². The van der Waals surface area contributed by atoms with Crippen molar-refractivity contribution in [3.8, 4) is 0 Å². The van der Waals surface area contributed by atoms with Crippen molar-refractivity contribution >= 4 is 17.9 Å². The van der Waals surface area contributed by atoms with Crippen LogP contribution in [0, 0.1) is 0 Å². The van der Waals surface area contributed by atoms with Crippen LogP contribution in [0.2, 0.25) is 0 Å². The lowest BCUT2D eigenvalue weighted by Crippen LogP contribution is -2.42. The first-order valence-corrected chi connectivity index (χ1v) is 8.93. The van der Waals surface area contributed by atoms with Gasteiger partial charge in [0.15, 0.2) is 6.61 Å². The second-order valence-corrected chi connectivity index (χ2v) is 6.54. The van der Waals surface area contributed by atoms with Crippen LogP contribution < -0.4 is 10.6 Å². The highest BCUT2D eigenvalue weighted by Crippen LogP contribution is 2.42. The summed E-state index contributed by atoms with van der Waals surface area (Å²) in [6.45, 7) is -0.343. The fourth-order valence-electron chi connectivity index (χ4n) is 3.40. The Hall–Kier alpha value is -3.09. The predicted molar refractivity (Wildman–Crippen MR) is 96.6 cm³/mol. The zero-order chi connectivity index (χ0) is 19.1. The summed E-state index contributed by atoms with van der Waals surface area (Å²) in [5.41, 5.74) is 0.201. The normalized spacial score (nSPS) is 15.1. The molecule has 0 spiro atoms. The molecule has 0 saturated heterocycles. The molecule has 1 aromatic carbocycles. The molecule has 1 aliphatic rings. The van der Waals surface area contributed by atoms with Gasteiger partial charge in [-0.25, -0.2) is 4.79 Å². The maximum Gasteiger partial charge on any atom is 0.321 e. The number of rotatable bonds is 6. The Morgan fingerprint density at radius 1 is 1.04 bits per heavy atom. The van der Waals surface area contributed by atoms with Crippen molar-refractivity contribution in [1.82, 2.24) is 10.6 Å². The van der Waals surface area contributed by atoms with Gasteiger partial charge in [-0.05, 0) is 30.5 Å². The van der Waals surface area contributed by atoms with Gasteiger partial charge in [0, 0.05) is 0 Å². The van der Waals surface area contributed by atoms with E-state index >= 15 is 0 Å². The first kappa shape index (κ1) is 18.7. The molecule has 1 saturated carbocycles. The van der Waals surface area contributed by atoms with Crippen LogP contribution in [-0.4, -0.2) is 24.5 Å². The first-order valence-electron chi connectivity index (χ1n) is 8.93. The van der Waals surface area contributed by atoms with Crippen molar-refractivity contribution in [2.45, 2.75) is 37.6 Å². The van der Waals surface area contributed by atoms with Gasteiger partial charge in [-0.15, -0.1) is 0 Å². The van der Waals surface area contributed by atoms with Gasteiger partial charge in [0.1, 0.15) is 5.76 Å². The third-order valence-corrected chi connectivity index (χ3v) is 4.76. The zero-order valence-electron chi connectivity index (χ0n) is 14.9. The van der Waals surface area contributed by atoms with E-state index in [1.165, 1.54) is 6.26 Å². The number of nitrogens with one attached hydrogen (secondary N) is 2. The molecule has 2 N–H and O–H groups in total. The third kappa shape index (κ3) is 4.55. The third-order valence-electron chi connectivity index (χ3n) is 4.76. The van der Waals surface area contributed by atoms with E-state index in [-0.39, 0.29) is 6.54 Å². The summed E-state index contributed by atoms with van der Waals surface area (Å²) in [7, 11) is 0. The SMILES string of the molecule is O=C(COC(=O)C1(c2ccccc2)CCCC1)NC(=O)NCc1ccco1. The maximum atomic E-state index is 12.7. The fourth-order valence-corrected chi connectivity index (χ4v) is 3.40. The van der Waals surface area contributed by atoms with Crippen molar-refractivity contribution in [3.05, 3.63) is 60.1 Å². The quantitative estimate of drug-likeness (QED) is 0.762. The molecule has 7 nitrogen and oxygen atoms in total. The number of amides is 3. The summed E-state index contributed by atoms with van der Waals surface area (Å²) in [4.78, 5) is 36.3. The van der Waals surface area contributed by atoms with E-state index in [0.717, 1.165) is 18.4 Å². The highest BCUT2D eigenvalue weighted by Gasteiger charge is 2.44. The molecule has 0 atom stereocenters. The number of benzene rings is 1. The lowest BCUT2D eigenvalue weighted by molar-refractivity contribution is -0.154. The van der Waals surface area contributed by atoms with Crippen LogP contribution in [0.4, 0.5) is 4.79 Å². The van der Waals surface area contributed by atoms with Gasteiger partial charge in [-0.2, -0.15) is 0 Å². The molecule has 3 amide bonds. The van der Waals surface area contributed by atoms with Crippen LogP contribution in [-0.2, 0) is 26.3 Å². The summed E-state index contributed by atoms with van der Waals surface area (Å²) in [5, 5.41) is 4.62. The second-order valence-electron chi connectivity index (χ2n) is 6.54. The number of furan rings is 1. The first-order chi connectivity index (χ1) is 13.1. The van der Waals surface area contributed by atoms with Crippen LogP contribution in [0.3, 0.4) is 0 Å². The van der Waals surface area contributed by atoms with E-state index in [0.29, 0.717) is 18.6 Å². The molecule has 0 radical (unpaired) electrons. The summed E-state index contributed by atoms with van der Waals surface area (Å²) in [6.07, 6.45) is 4.75. The van der Waals surface area contributed by atoms with E-state index in [2.05, 4.69) is 10.6 Å². The molecule has 2 aromatic rings. The minimum atomic E-state index is -0.705. The van der Waals surface area contributed by atoms with Gasteiger partial charge in [0.05, 0.1) is 18.2 Å². The van der Waals surface area contributed by atoms with Crippen LogP contribution in [0.25, 0.3) is 0 Å². The monoisotopic (exact) mass is 370 g/mol. The van der Waals surface area contributed by atoms with Gasteiger partial charge in [0.25, 0.3) is 5.91 Å². The summed E-state index contributed by atoms with van der Waals surface area (Å²) >= 11 is 0. The molecule has 3 rings (SSSR count). The lowest BCUT2D eigenvalue weighted by Gasteiger charge is -2.27. The number of urea groups is 1. The Bertz CT molecular complexity index is 780. The van der Waals surface area contributed by atoms with E-state index in [1.54, 1.807) is 12.1 Å². The Morgan fingerprint density at radius 2 is 1.78 bits per heavy atom. The van der Waals surface area contributed by atoms with Crippen LogP contribution in [0.1, 0.15) is 37.0 Å². The molecule has 142 valence electrons. The smallest absolute Gasteiger partial charge is 0.321 e. The molecule has 1 aliphatic carbocycles. The highest BCUT2D eigenvalue weighted by molar-refractivity contribution is 5.96. The summed E-state index contributed by atoms with van der Waals surface area (Å²) < 4.78 is 10.3. The zero-order valence-corrected chi connectivity index (χ0v) is 14.9. The van der Waals surface area contributed by atoms with Crippen LogP contribution in [0.5, 0.6) is 0 Å². The van der Waals surface area contributed by atoms with Crippen molar-refractivity contribution in [2.24, 2.45) is 0 Å². The predicted octanol–water partition coefficient (Wildman–Crippen LogP) is 2.66. The molecular weight excluding hydrogens is 348 g/mol. The number of hydrogen-bond acceptors (Lipinski definition) is 5. The summed E-state index contributed by atoms with van der Waals surface area (Å²) in [5.74, 6) is -0.533. The van der Waals surface area contributed by atoms with Gasteiger partial charge in [-0.3, -0.25) is 14.9 Å². The van der Waals surface area contributed by atoms with Crippen molar-refractivity contribution in [3.63, 3.8) is 0 Å². The molecule has 27 heavy (non-hydrogen) atoms. The van der Waals surface area contributed by atoms with Crippen LogP contribution >= 0.6 is 0 Å². The Kier molecular flexibility index (Phi) is 5.90. The van der Waals surface area contributed by atoms with Gasteiger partial charge < -0.3 is 14.5 Å². The van der Waals surface area contributed by atoms with Gasteiger partial charge in [-0.1, -0.05) is 43.2 Å². The topological polar surface area (TPSA) is 97.6 Å².